The minimum Gasteiger partial charge on any atom is -0.381 e. The average Bonchev–Trinajstić information content (AvgIpc) is 2.98. The summed E-state index contributed by atoms with van der Waals surface area (Å²) >= 11 is 0. The van der Waals surface area contributed by atoms with E-state index in [1.807, 2.05) is 30.2 Å². The molecule has 90 valence electrons. The van der Waals surface area contributed by atoms with Crippen molar-refractivity contribution in [2.45, 2.75) is 18.9 Å². The predicted octanol–water partition coefficient (Wildman–Crippen LogP) is 1.64. The Balaban J connectivity index is 1.96. The first-order valence-electron chi connectivity index (χ1n) is 5.94. The molecule has 2 aromatic rings. The molecular weight excluding hydrogens is 216 g/mol. The van der Waals surface area contributed by atoms with E-state index in [0.717, 1.165) is 37.7 Å². The van der Waals surface area contributed by atoms with E-state index in [9.17, 15) is 0 Å². The van der Waals surface area contributed by atoms with Gasteiger partial charge in [0.05, 0.1) is 0 Å². The molecule has 1 aliphatic rings. The molecular formula is C12H16N4O. The van der Waals surface area contributed by atoms with Crippen molar-refractivity contribution < 1.29 is 4.74 Å². The highest BCUT2D eigenvalue weighted by Gasteiger charge is 2.20. The van der Waals surface area contributed by atoms with Gasteiger partial charge in [-0.25, -0.2) is 9.97 Å². The second-order valence-corrected chi connectivity index (χ2v) is 4.36. The summed E-state index contributed by atoms with van der Waals surface area (Å²) in [5, 5.41) is 0. The molecule has 0 amide bonds. The zero-order valence-electron chi connectivity index (χ0n) is 9.91. The highest BCUT2D eigenvalue weighted by atomic mass is 16.5. The predicted molar refractivity (Wildman–Crippen MR) is 63.5 cm³/mol. The first-order chi connectivity index (χ1) is 8.36. The molecule has 3 rings (SSSR count). The Morgan fingerprint density at radius 3 is 2.53 bits per heavy atom. The van der Waals surface area contributed by atoms with Gasteiger partial charge < -0.3 is 13.9 Å². The van der Waals surface area contributed by atoms with Crippen LogP contribution in [0.3, 0.4) is 0 Å². The van der Waals surface area contributed by atoms with Crippen molar-refractivity contribution in [3.05, 3.63) is 24.8 Å². The summed E-state index contributed by atoms with van der Waals surface area (Å²) in [6.07, 6.45) is 9.73. The Kier molecular flexibility index (Phi) is 2.68. The maximum atomic E-state index is 5.40. The summed E-state index contributed by atoms with van der Waals surface area (Å²) in [4.78, 5) is 8.80. The van der Waals surface area contributed by atoms with Gasteiger partial charge in [-0.1, -0.05) is 0 Å². The Morgan fingerprint density at radius 2 is 1.82 bits per heavy atom. The van der Waals surface area contributed by atoms with Crippen LogP contribution in [-0.2, 0) is 11.8 Å². The molecule has 17 heavy (non-hydrogen) atoms. The van der Waals surface area contributed by atoms with E-state index in [1.54, 1.807) is 6.20 Å². The van der Waals surface area contributed by atoms with Gasteiger partial charge in [-0.2, -0.15) is 0 Å². The molecule has 2 aromatic heterocycles. The smallest absolute Gasteiger partial charge is 0.176 e. The van der Waals surface area contributed by atoms with Crippen LogP contribution in [0.1, 0.15) is 18.9 Å². The van der Waals surface area contributed by atoms with Crippen LogP contribution in [0.15, 0.2) is 24.8 Å². The molecule has 0 atom stereocenters. The molecule has 0 aromatic carbocycles. The molecule has 0 N–H and O–H groups in total. The van der Waals surface area contributed by atoms with Gasteiger partial charge >= 0.3 is 0 Å². The van der Waals surface area contributed by atoms with Crippen LogP contribution in [-0.4, -0.2) is 32.3 Å². The van der Waals surface area contributed by atoms with Gasteiger partial charge in [0.2, 0.25) is 0 Å². The molecule has 1 fully saturated rings. The van der Waals surface area contributed by atoms with E-state index >= 15 is 0 Å². The lowest BCUT2D eigenvalue weighted by Crippen LogP contribution is -2.20. The summed E-state index contributed by atoms with van der Waals surface area (Å²) in [5.41, 5.74) is 0. The van der Waals surface area contributed by atoms with Crippen molar-refractivity contribution in [2.24, 2.45) is 7.05 Å². The van der Waals surface area contributed by atoms with Gasteiger partial charge in [-0.15, -0.1) is 0 Å². The standard InChI is InChI=1S/C12H16N4O/c1-15-6-4-13-11(15)12-14-5-7-16(12)10-2-8-17-9-3-10/h4-7,10H,2-3,8-9H2,1H3. The third-order valence-corrected chi connectivity index (χ3v) is 3.27. The van der Waals surface area contributed by atoms with Crippen LogP contribution in [0.5, 0.6) is 0 Å². The lowest BCUT2D eigenvalue weighted by Gasteiger charge is -2.24. The monoisotopic (exact) mass is 232 g/mol. The van der Waals surface area contributed by atoms with Gasteiger partial charge in [0.1, 0.15) is 0 Å². The summed E-state index contributed by atoms with van der Waals surface area (Å²) in [7, 11) is 1.99. The normalized spacial score (nSPS) is 17.5. The highest BCUT2D eigenvalue weighted by molar-refractivity contribution is 5.44. The van der Waals surface area contributed by atoms with Crippen LogP contribution in [0.4, 0.5) is 0 Å². The number of aryl methyl sites for hydroxylation is 1. The molecule has 0 aliphatic carbocycles. The molecule has 0 radical (unpaired) electrons. The minimum absolute atomic E-state index is 0.484. The van der Waals surface area contributed by atoms with Crippen molar-refractivity contribution in [3.8, 4) is 11.6 Å². The van der Waals surface area contributed by atoms with E-state index in [2.05, 4.69) is 14.5 Å². The molecule has 0 saturated carbocycles. The molecule has 0 bridgehead atoms. The quantitative estimate of drug-likeness (QED) is 0.790. The first kappa shape index (κ1) is 10.5. The van der Waals surface area contributed by atoms with Crippen LogP contribution in [0.25, 0.3) is 11.6 Å². The van der Waals surface area contributed by atoms with Crippen LogP contribution < -0.4 is 0 Å². The van der Waals surface area contributed by atoms with Gasteiger partial charge in [0.25, 0.3) is 0 Å². The fourth-order valence-corrected chi connectivity index (χ4v) is 2.33. The summed E-state index contributed by atoms with van der Waals surface area (Å²) in [6.45, 7) is 1.67. The number of imidazole rings is 2. The third-order valence-electron chi connectivity index (χ3n) is 3.27. The minimum atomic E-state index is 0.484. The van der Waals surface area contributed by atoms with E-state index in [1.165, 1.54) is 0 Å². The van der Waals surface area contributed by atoms with Gasteiger partial charge in [0.15, 0.2) is 11.6 Å². The van der Waals surface area contributed by atoms with Crippen LogP contribution >= 0.6 is 0 Å². The second kappa shape index (κ2) is 4.33. The molecule has 1 saturated heterocycles. The topological polar surface area (TPSA) is 44.9 Å². The lowest BCUT2D eigenvalue weighted by atomic mass is 10.1. The first-order valence-corrected chi connectivity index (χ1v) is 5.94. The largest absolute Gasteiger partial charge is 0.381 e. The van der Waals surface area contributed by atoms with E-state index in [4.69, 9.17) is 4.74 Å². The Hall–Kier alpha value is -1.62. The fraction of sp³-hybridized carbons (Fsp3) is 0.500. The van der Waals surface area contributed by atoms with Gasteiger partial charge in [-0.05, 0) is 12.8 Å². The van der Waals surface area contributed by atoms with Crippen LogP contribution in [0.2, 0.25) is 0 Å². The lowest BCUT2D eigenvalue weighted by molar-refractivity contribution is 0.0699. The third kappa shape index (κ3) is 1.86. The summed E-state index contributed by atoms with van der Waals surface area (Å²) in [5.74, 6) is 1.87. The van der Waals surface area contributed by atoms with E-state index < -0.39 is 0 Å². The maximum absolute atomic E-state index is 5.40. The number of hydrogen-bond donors (Lipinski definition) is 0. The number of hydrogen-bond acceptors (Lipinski definition) is 3. The Labute approximate surface area is 100 Å². The summed E-state index contributed by atoms with van der Waals surface area (Å²) in [6, 6.07) is 0.484. The summed E-state index contributed by atoms with van der Waals surface area (Å²) < 4.78 is 9.62. The van der Waals surface area contributed by atoms with Gasteiger partial charge in [0, 0.05) is 51.1 Å². The van der Waals surface area contributed by atoms with E-state index in [-0.39, 0.29) is 0 Å². The second-order valence-electron chi connectivity index (χ2n) is 4.36. The average molecular weight is 232 g/mol. The van der Waals surface area contributed by atoms with Crippen LogP contribution in [0, 0.1) is 0 Å². The zero-order valence-corrected chi connectivity index (χ0v) is 9.91. The molecule has 1 aliphatic heterocycles. The highest BCUT2D eigenvalue weighted by Crippen LogP contribution is 2.26. The fourth-order valence-electron chi connectivity index (χ4n) is 2.33. The SMILES string of the molecule is Cn1ccnc1-c1nccn1C1CCOCC1. The van der Waals surface area contributed by atoms with Crippen molar-refractivity contribution >= 4 is 0 Å². The molecule has 5 heteroatoms. The number of ether oxygens (including phenoxy) is 1. The zero-order chi connectivity index (χ0) is 11.7. The molecule has 0 spiro atoms. The molecule has 3 heterocycles. The van der Waals surface area contributed by atoms with Crippen molar-refractivity contribution in [1.29, 1.82) is 0 Å². The Bertz CT molecular complexity index is 496. The number of aromatic nitrogens is 4. The van der Waals surface area contributed by atoms with E-state index in [0.29, 0.717) is 6.04 Å². The maximum Gasteiger partial charge on any atom is 0.176 e. The Morgan fingerprint density at radius 1 is 1.12 bits per heavy atom. The van der Waals surface area contributed by atoms with Gasteiger partial charge in [-0.3, -0.25) is 0 Å². The molecule has 0 unspecified atom stereocenters. The van der Waals surface area contributed by atoms with Crippen molar-refractivity contribution in [1.82, 2.24) is 19.1 Å². The van der Waals surface area contributed by atoms with Crippen molar-refractivity contribution in [3.63, 3.8) is 0 Å². The van der Waals surface area contributed by atoms with Crippen molar-refractivity contribution in [2.75, 3.05) is 13.2 Å². The number of nitrogens with zero attached hydrogens (tertiary/aromatic N) is 4. The molecule has 5 nitrogen and oxygen atoms in total. The number of rotatable bonds is 2.